The van der Waals surface area contributed by atoms with Crippen LogP contribution in [0.5, 0.6) is 5.75 Å². The molecule has 0 bridgehead atoms. The summed E-state index contributed by atoms with van der Waals surface area (Å²) in [5.41, 5.74) is 1.89. The van der Waals surface area contributed by atoms with Crippen molar-refractivity contribution in [1.82, 2.24) is 5.32 Å². The van der Waals surface area contributed by atoms with Gasteiger partial charge in [-0.25, -0.2) is 0 Å². The number of rotatable bonds is 5. The van der Waals surface area contributed by atoms with E-state index in [0.717, 1.165) is 35.0 Å². The van der Waals surface area contributed by atoms with Crippen LogP contribution in [0.2, 0.25) is 5.02 Å². The number of likely N-dealkylation sites (N-methyl/N-ethyl adjacent to an activating group) is 1. The largest absolute Gasteiger partial charge is 0.487 e. The second-order valence-electron chi connectivity index (χ2n) is 5.01. The van der Waals surface area contributed by atoms with Crippen LogP contribution in [0.3, 0.4) is 0 Å². The van der Waals surface area contributed by atoms with E-state index in [0.29, 0.717) is 0 Å². The fourth-order valence-corrected chi connectivity index (χ4v) is 1.86. The molecule has 1 N–H and O–H groups in total. The smallest absolute Gasteiger partial charge is 0.120 e. The zero-order valence-corrected chi connectivity index (χ0v) is 12.1. The van der Waals surface area contributed by atoms with Crippen molar-refractivity contribution >= 4 is 11.6 Å². The summed E-state index contributed by atoms with van der Waals surface area (Å²) in [5, 5.41) is 4.12. The van der Waals surface area contributed by atoms with Crippen LogP contribution in [0.25, 0.3) is 0 Å². The fraction of sp³-hybridized carbons (Fsp3) is 0.571. The molecule has 3 heteroatoms. The van der Waals surface area contributed by atoms with E-state index in [2.05, 4.69) is 26.1 Å². The summed E-state index contributed by atoms with van der Waals surface area (Å²) < 4.78 is 6.00. The van der Waals surface area contributed by atoms with Crippen LogP contribution in [0.4, 0.5) is 0 Å². The zero-order valence-electron chi connectivity index (χ0n) is 11.4. The third-order valence-corrected chi connectivity index (χ3v) is 3.20. The highest BCUT2D eigenvalue weighted by atomic mass is 35.5. The van der Waals surface area contributed by atoms with Gasteiger partial charge in [0.25, 0.3) is 0 Å². The van der Waals surface area contributed by atoms with Crippen molar-refractivity contribution in [3.8, 4) is 5.75 Å². The fourth-order valence-electron chi connectivity index (χ4n) is 1.75. The van der Waals surface area contributed by atoms with Gasteiger partial charge in [0.1, 0.15) is 11.4 Å². The van der Waals surface area contributed by atoms with Crippen LogP contribution in [-0.4, -0.2) is 18.7 Å². The number of nitrogens with one attached hydrogen (secondary N) is 1. The molecule has 2 nitrogen and oxygen atoms in total. The van der Waals surface area contributed by atoms with Crippen molar-refractivity contribution in [2.24, 2.45) is 0 Å². The minimum absolute atomic E-state index is 0.220. The average molecular weight is 256 g/mol. The molecule has 0 saturated heterocycles. The van der Waals surface area contributed by atoms with Crippen LogP contribution < -0.4 is 10.1 Å². The first-order valence-corrected chi connectivity index (χ1v) is 6.40. The molecule has 0 heterocycles. The molecule has 0 fully saturated rings. The first-order valence-electron chi connectivity index (χ1n) is 6.02. The van der Waals surface area contributed by atoms with Crippen molar-refractivity contribution in [2.45, 2.75) is 40.2 Å². The van der Waals surface area contributed by atoms with E-state index in [1.807, 2.05) is 26.0 Å². The molecule has 17 heavy (non-hydrogen) atoms. The van der Waals surface area contributed by atoms with Gasteiger partial charge in [-0.1, -0.05) is 18.5 Å². The number of hydrogen-bond donors (Lipinski definition) is 1. The van der Waals surface area contributed by atoms with E-state index >= 15 is 0 Å². The van der Waals surface area contributed by atoms with E-state index in [1.54, 1.807) is 0 Å². The van der Waals surface area contributed by atoms with E-state index in [9.17, 15) is 0 Å². The maximum atomic E-state index is 6.14. The third kappa shape index (κ3) is 4.21. The van der Waals surface area contributed by atoms with Crippen molar-refractivity contribution in [1.29, 1.82) is 0 Å². The van der Waals surface area contributed by atoms with E-state index in [4.69, 9.17) is 16.3 Å². The van der Waals surface area contributed by atoms with Gasteiger partial charge in [-0.15, -0.1) is 0 Å². The molecule has 1 rings (SSSR count). The highest BCUT2D eigenvalue weighted by molar-refractivity contribution is 6.32. The van der Waals surface area contributed by atoms with Gasteiger partial charge in [0, 0.05) is 11.6 Å². The summed E-state index contributed by atoms with van der Waals surface area (Å²) in [6, 6.07) is 3.98. The Kier molecular flexibility index (Phi) is 4.84. The van der Waals surface area contributed by atoms with Gasteiger partial charge in [0.15, 0.2) is 0 Å². The minimum atomic E-state index is -0.220. The summed E-state index contributed by atoms with van der Waals surface area (Å²) >= 11 is 6.14. The van der Waals surface area contributed by atoms with E-state index < -0.39 is 0 Å². The topological polar surface area (TPSA) is 21.3 Å². The molecule has 0 radical (unpaired) electrons. The standard InChI is InChI=1S/C14H22ClNO/c1-6-16-9-14(4,5)17-12-7-10(2)13(15)11(3)8-12/h7-8,16H,6,9H2,1-5H3. The van der Waals surface area contributed by atoms with Crippen molar-refractivity contribution in [3.63, 3.8) is 0 Å². The van der Waals surface area contributed by atoms with Gasteiger partial charge in [0.2, 0.25) is 0 Å². The Hall–Kier alpha value is -0.730. The molecule has 0 spiro atoms. The summed E-state index contributed by atoms with van der Waals surface area (Å²) in [6.45, 7) is 12.0. The van der Waals surface area contributed by atoms with Gasteiger partial charge in [-0.05, 0) is 57.5 Å². The molecule has 0 atom stereocenters. The van der Waals surface area contributed by atoms with Crippen molar-refractivity contribution in [2.75, 3.05) is 13.1 Å². The minimum Gasteiger partial charge on any atom is -0.487 e. The highest BCUT2D eigenvalue weighted by Crippen LogP contribution is 2.27. The first kappa shape index (κ1) is 14.3. The van der Waals surface area contributed by atoms with Crippen LogP contribution in [0.1, 0.15) is 31.9 Å². The molecule has 0 aliphatic rings. The SMILES string of the molecule is CCNCC(C)(C)Oc1cc(C)c(Cl)c(C)c1. The maximum absolute atomic E-state index is 6.14. The van der Waals surface area contributed by atoms with Gasteiger partial charge >= 0.3 is 0 Å². The number of hydrogen-bond acceptors (Lipinski definition) is 2. The van der Waals surface area contributed by atoms with Crippen LogP contribution in [-0.2, 0) is 0 Å². The Morgan fingerprint density at radius 1 is 1.24 bits per heavy atom. The lowest BCUT2D eigenvalue weighted by atomic mass is 10.1. The van der Waals surface area contributed by atoms with Crippen LogP contribution in [0.15, 0.2) is 12.1 Å². The number of ether oxygens (including phenoxy) is 1. The molecule has 0 saturated carbocycles. The summed E-state index contributed by atoms with van der Waals surface area (Å²) in [5.74, 6) is 0.882. The Morgan fingerprint density at radius 2 is 1.76 bits per heavy atom. The number of aryl methyl sites for hydroxylation is 2. The van der Waals surface area contributed by atoms with Crippen LogP contribution in [0, 0.1) is 13.8 Å². The van der Waals surface area contributed by atoms with Gasteiger partial charge in [-0.2, -0.15) is 0 Å². The lowest BCUT2D eigenvalue weighted by molar-refractivity contribution is 0.108. The lowest BCUT2D eigenvalue weighted by Gasteiger charge is -2.27. The summed E-state index contributed by atoms with van der Waals surface area (Å²) in [6.07, 6.45) is 0. The molecular formula is C14H22ClNO. The maximum Gasteiger partial charge on any atom is 0.120 e. The second kappa shape index (κ2) is 5.74. The van der Waals surface area contributed by atoms with Crippen LogP contribution >= 0.6 is 11.6 Å². The van der Waals surface area contributed by atoms with E-state index in [1.165, 1.54) is 0 Å². The van der Waals surface area contributed by atoms with Crippen molar-refractivity contribution < 1.29 is 4.74 Å². The average Bonchev–Trinajstić information content (AvgIpc) is 2.22. The Morgan fingerprint density at radius 3 is 2.24 bits per heavy atom. The molecule has 1 aromatic carbocycles. The Bertz CT molecular complexity index is 365. The predicted octanol–water partition coefficient (Wildman–Crippen LogP) is 3.72. The molecule has 0 aliphatic heterocycles. The molecule has 0 aliphatic carbocycles. The molecule has 96 valence electrons. The van der Waals surface area contributed by atoms with Crippen molar-refractivity contribution in [3.05, 3.63) is 28.3 Å². The molecule has 0 unspecified atom stereocenters. The zero-order chi connectivity index (χ0) is 13.1. The Balaban J connectivity index is 2.81. The van der Waals surface area contributed by atoms with E-state index in [-0.39, 0.29) is 5.60 Å². The second-order valence-corrected chi connectivity index (χ2v) is 5.39. The summed E-state index contributed by atoms with van der Waals surface area (Å²) in [4.78, 5) is 0. The normalized spacial score (nSPS) is 11.6. The third-order valence-electron chi connectivity index (χ3n) is 2.60. The number of halogens is 1. The predicted molar refractivity (Wildman–Crippen MR) is 74.2 cm³/mol. The van der Waals surface area contributed by atoms with Gasteiger partial charge in [0.05, 0.1) is 0 Å². The van der Waals surface area contributed by atoms with Gasteiger partial charge in [-0.3, -0.25) is 0 Å². The quantitative estimate of drug-likeness (QED) is 0.866. The molecular weight excluding hydrogens is 234 g/mol. The summed E-state index contributed by atoms with van der Waals surface area (Å²) in [7, 11) is 0. The van der Waals surface area contributed by atoms with Gasteiger partial charge < -0.3 is 10.1 Å². The molecule has 0 aromatic heterocycles. The number of benzene rings is 1. The Labute approximate surface area is 109 Å². The molecule has 0 amide bonds. The molecule has 1 aromatic rings. The first-order chi connectivity index (χ1) is 7.85. The highest BCUT2D eigenvalue weighted by Gasteiger charge is 2.19. The lowest BCUT2D eigenvalue weighted by Crippen LogP contribution is -2.40. The monoisotopic (exact) mass is 255 g/mol.